The van der Waals surface area contributed by atoms with Gasteiger partial charge in [-0.15, -0.1) is 0 Å². The summed E-state index contributed by atoms with van der Waals surface area (Å²) in [5.41, 5.74) is 9.04. The highest BCUT2D eigenvalue weighted by molar-refractivity contribution is 5.93. The third-order valence-electron chi connectivity index (χ3n) is 4.65. The van der Waals surface area contributed by atoms with E-state index in [1.54, 1.807) is 14.2 Å². The van der Waals surface area contributed by atoms with E-state index in [0.29, 0.717) is 11.5 Å². The number of rotatable bonds is 4. The molecule has 3 aromatic carbocycles. The average Bonchev–Trinajstić information content (AvgIpc) is 3.18. The van der Waals surface area contributed by atoms with Crippen LogP contribution in [0.4, 0.5) is 0 Å². The summed E-state index contributed by atoms with van der Waals surface area (Å²) in [4.78, 5) is 0. The van der Waals surface area contributed by atoms with Gasteiger partial charge in [0.1, 0.15) is 5.75 Å². The van der Waals surface area contributed by atoms with Gasteiger partial charge >= 0.3 is 0 Å². The van der Waals surface area contributed by atoms with Crippen molar-refractivity contribution in [2.45, 2.75) is 6.04 Å². The number of phenols is 1. The van der Waals surface area contributed by atoms with Crippen LogP contribution in [-0.4, -0.2) is 19.3 Å². The van der Waals surface area contributed by atoms with Gasteiger partial charge in [-0.3, -0.25) is 0 Å². The maximum absolute atomic E-state index is 10.7. The summed E-state index contributed by atoms with van der Waals surface area (Å²) in [6, 6.07) is 17.5. The molecular formula is C21H20N2O3. The molecule has 1 aliphatic heterocycles. The molecule has 3 N–H and O–H groups in total. The molecule has 1 heterocycles. The predicted octanol–water partition coefficient (Wildman–Crippen LogP) is 3.75. The number of phenolic OH excluding ortho intramolecular Hbond substituents is 1. The quantitative estimate of drug-likeness (QED) is 0.670. The molecule has 5 heteroatoms. The van der Waals surface area contributed by atoms with Crippen LogP contribution in [0.15, 0.2) is 60.7 Å². The molecular weight excluding hydrogens is 328 g/mol. The Morgan fingerprint density at radius 3 is 2.54 bits per heavy atom. The molecule has 0 saturated carbocycles. The van der Waals surface area contributed by atoms with E-state index in [1.807, 2.05) is 60.7 Å². The Bertz CT molecular complexity index is 998. The lowest BCUT2D eigenvalue weighted by Crippen LogP contribution is -2.26. The third kappa shape index (κ3) is 2.72. The van der Waals surface area contributed by atoms with Crippen molar-refractivity contribution in [1.82, 2.24) is 10.9 Å². The van der Waals surface area contributed by atoms with Crippen LogP contribution in [0.25, 0.3) is 16.5 Å². The number of ether oxygens (including phenoxy) is 2. The second-order valence-electron chi connectivity index (χ2n) is 6.12. The van der Waals surface area contributed by atoms with Crippen molar-refractivity contribution in [2.75, 3.05) is 14.2 Å². The van der Waals surface area contributed by atoms with E-state index in [2.05, 4.69) is 10.9 Å². The summed E-state index contributed by atoms with van der Waals surface area (Å²) in [5, 5.41) is 12.5. The molecule has 0 fully saturated rings. The molecule has 0 amide bonds. The number of fused-ring (bicyclic) bond motifs is 1. The van der Waals surface area contributed by atoms with E-state index < -0.39 is 0 Å². The Hall–Kier alpha value is -3.18. The first kappa shape index (κ1) is 16.3. The molecule has 132 valence electrons. The fourth-order valence-corrected chi connectivity index (χ4v) is 3.26. The number of aromatic hydroxyl groups is 1. The Kier molecular flexibility index (Phi) is 4.14. The van der Waals surface area contributed by atoms with Gasteiger partial charge in [0, 0.05) is 10.9 Å². The fourth-order valence-electron chi connectivity index (χ4n) is 3.26. The molecule has 0 aliphatic carbocycles. The monoisotopic (exact) mass is 348 g/mol. The van der Waals surface area contributed by atoms with E-state index in [4.69, 9.17) is 9.47 Å². The second kappa shape index (κ2) is 6.61. The summed E-state index contributed by atoms with van der Waals surface area (Å²) in [5.74, 6) is 1.65. The molecule has 1 unspecified atom stereocenters. The molecule has 0 spiro atoms. The van der Waals surface area contributed by atoms with Crippen LogP contribution < -0.4 is 20.3 Å². The zero-order valence-electron chi connectivity index (χ0n) is 14.6. The van der Waals surface area contributed by atoms with Gasteiger partial charge in [0.25, 0.3) is 0 Å². The minimum absolute atomic E-state index is 0.0457. The van der Waals surface area contributed by atoms with Gasteiger partial charge < -0.3 is 20.0 Å². The van der Waals surface area contributed by atoms with Gasteiger partial charge in [0.15, 0.2) is 11.5 Å². The Morgan fingerprint density at radius 2 is 1.73 bits per heavy atom. The third-order valence-corrected chi connectivity index (χ3v) is 4.65. The zero-order chi connectivity index (χ0) is 18.1. The van der Waals surface area contributed by atoms with E-state index in [1.165, 1.54) is 0 Å². The molecule has 3 aromatic rings. The van der Waals surface area contributed by atoms with Crippen LogP contribution in [0.5, 0.6) is 17.2 Å². The normalized spacial score (nSPS) is 16.2. The maximum atomic E-state index is 10.7. The molecule has 0 saturated heterocycles. The fraction of sp³-hybridized carbons (Fsp3) is 0.143. The first-order valence-electron chi connectivity index (χ1n) is 8.37. The number of nitrogens with one attached hydrogen (secondary N) is 2. The summed E-state index contributed by atoms with van der Waals surface area (Å²) in [6.07, 6.45) is 2.05. The number of methoxy groups -OCH3 is 2. The second-order valence-corrected chi connectivity index (χ2v) is 6.12. The van der Waals surface area contributed by atoms with Crippen LogP contribution in [-0.2, 0) is 0 Å². The van der Waals surface area contributed by atoms with Gasteiger partial charge in [-0.05, 0) is 35.2 Å². The first-order chi connectivity index (χ1) is 12.7. The van der Waals surface area contributed by atoms with Gasteiger partial charge in [-0.25, -0.2) is 5.43 Å². The average molecular weight is 348 g/mol. The number of hydrogen-bond acceptors (Lipinski definition) is 5. The van der Waals surface area contributed by atoms with E-state index >= 15 is 0 Å². The number of hydrazine groups is 1. The van der Waals surface area contributed by atoms with Crippen molar-refractivity contribution in [3.63, 3.8) is 0 Å². The van der Waals surface area contributed by atoms with E-state index in [9.17, 15) is 5.11 Å². The highest BCUT2D eigenvalue weighted by Gasteiger charge is 2.21. The van der Waals surface area contributed by atoms with Crippen molar-refractivity contribution in [2.24, 2.45) is 0 Å². The van der Waals surface area contributed by atoms with Crippen molar-refractivity contribution in [1.29, 1.82) is 0 Å². The van der Waals surface area contributed by atoms with E-state index in [-0.39, 0.29) is 11.8 Å². The Balaban J connectivity index is 1.69. The van der Waals surface area contributed by atoms with Crippen LogP contribution >= 0.6 is 0 Å². The number of benzene rings is 3. The lowest BCUT2D eigenvalue weighted by Gasteiger charge is -2.13. The molecule has 0 bridgehead atoms. The van der Waals surface area contributed by atoms with E-state index in [0.717, 1.165) is 27.6 Å². The molecule has 4 rings (SSSR count). The lowest BCUT2D eigenvalue weighted by atomic mass is 10.0. The topological polar surface area (TPSA) is 62.8 Å². The standard InChI is InChI=1S/C21H20N2O3/c1-25-19-10-8-14(11-20(19)26-2)17-12-18(23-22-17)16-9-7-13-5-3-4-6-15(13)21(16)24/h3-12,17,22-24H,1-2H3. The zero-order valence-corrected chi connectivity index (χ0v) is 14.6. The Morgan fingerprint density at radius 1 is 0.923 bits per heavy atom. The first-order valence-corrected chi connectivity index (χ1v) is 8.37. The summed E-state index contributed by atoms with van der Waals surface area (Å²) < 4.78 is 10.7. The highest BCUT2D eigenvalue weighted by Crippen LogP contribution is 2.36. The maximum Gasteiger partial charge on any atom is 0.161 e. The molecule has 0 aromatic heterocycles. The molecule has 1 aliphatic rings. The van der Waals surface area contributed by atoms with Gasteiger partial charge in [-0.2, -0.15) is 0 Å². The predicted molar refractivity (Wildman–Crippen MR) is 102 cm³/mol. The van der Waals surface area contributed by atoms with Gasteiger partial charge in [-0.1, -0.05) is 36.4 Å². The highest BCUT2D eigenvalue weighted by atomic mass is 16.5. The molecule has 26 heavy (non-hydrogen) atoms. The van der Waals surface area contributed by atoms with Crippen LogP contribution in [0, 0.1) is 0 Å². The van der Waals surface area contributed by atoms with Crippen LogP contribution in [0.2, 0.25) is 0 Å². The van der Waals surface area contributed by atoms with Crippen molar-refractivity contribution >= 4 is 16.5 Å². The van der Waals surface area contributed by atoms with Gasteiger partial charge in [0.2, 0.25) is 0 Å². The molecule has 1 atom stereocenters. The van der Waals surface area contributed by atoms with Crippen molar-refractivity contribution < 1.29 is 14.6 Å². The summed E-state index contributed by atoms with van der Waals surface area (Å²) >= 11 is 0. The van der Waals surface area contributed by atoms with Crippen molar-refractivity contribution in [3.8, 4) is 17.2 Å². The van der Waals surface area contributed by atoms with Crippen LogP contribution in [0.1, 0.15) is 17.2 Å². The summed E-state index contributed by atoms with van der Waals surface area (Å²) in [7, 11) is 3.24. The van der Waals surface area contributed by atoms with Crippen LogP contribution in [0.3, 0.4) is 0 Å². The SMILES string of the molecule is COc1ccc(C2C=C(c3ccc4ccccc4c3O)NN2)cc1OC. The lowest BCUT2D eigenvalue weighted by molar-refractivity contribution is 0.354. The minimum atomic E-state index is -0.0457. The van der Waals surface area contributed by atoms with Crippen molar-refractivity contribution in [3.05, 3.63) is 71.8 Å². The number of hydrogen-bond donors (Lipinski definition) is 3. The smallest absolute Gasteiger partial charge is 0.161 e. The molecule has 0 radical (unpaired) electrons. The minimum Gasteiger partial charge on any atom is -0.507 e. The van der Waals surface area contributed by atoms with Gasteiger partial charge in [0.05, 0.1) is 26.0 Å². The largest absolute Gasteiger partial charge is 0.507 e. The summed E-state index contributed by atoms with van der Waals surface area (Å²) in [6.45, 7) is 0. The Labute approximate surface area is 151 Å². The molecule has 5 nitrogen and oxygen atoms in total.